The molecule has 1 atom stereocenters. The van der Waals surface area contributed by atoms with Crippen LogP contribution in [0.3, 0.4) is 0 Å². The zero-order chi connectivity index (χ0) is 20.8. The SMILES string of the molecule is CCNC(=NCc1c(C)nn(C)c1C)NCC(c1ccc(C)o1)N1CCOCC1.I. The van der Waals surface area contributed by atoms with Crippen molar-refractivity contribution in [3.05, 3.63) is 40.6 Å². The van der Waals surface area contributed by atoms with Crippen molar-refractivity contribution in [1.82, 2.24) is 25.3 Å². The van der Waals surface area contributed by atoms with Crippen molar-refractivity contribution >= 4 is 29.9 Å². The fraction of sp³-hybridized carbons (Fsp3) is 0.619. The quantitative estimate of drug-likeness (QED) is 0.326. The van der Waals surface area contributed by atoms with Gasteiger partial charge in [-0.25, -0.2) is 4.99 Å². The topological polar surface area (TPSA) is 79.8 Å². The lowest BCUT2D eigenvalue weighted by molar-refractivity contribution is 0.0124. The molecule has 8 nitrogen and oxygen atoms in total. The summed E-state index contributed by atoms with van der Waals surface area (Å²) >= 11 is 0. The second-order valence-electron chi connectivity index (χ2n) is 7.46. The minimum atomic E-state index is 0. The molecule has 0 saturated carbocycles. The standard InChI is InChI=1S/C21H34N6O2.HI/c1-6-22-21(23-13-18-16(3)25-26(5)17(18)4)24-14-19(20-8-7-15(2)29-20)27-9-11-28-12-10-27;/h7-8,19H,6,9-14H2,1-5H3,(H2,22,23,24);1H. The van der Waals surface area contributed by atoms with Crippen LogP contribution in [0, 0.1) is 20.8 Å². The second-order valence-corrected chi connectivity index (χ2v) is 7.46. The molecular formula is C21H35IN6O2. The molecule has 0 aliphatic carbocycles. The van der Waals surface area contributed by atoms with Crippen molar-refractivity contribution in [2.45, 2.75) is 40.3 Å². The van der Waals surface area contributed by atoms with Gasteiger partial charge in [-0.1, -0.05) is 0 Å². The number of aromatic nitrogens is 2. The van der Waals surface area contributed by atoms with E-state index in [2.05, 4.69) is 40.5 Å². The molecule has 168 valence electrons. The first kappa shape index (κ1) is 24.7. The van der Waals surface area contributed by atoms with Gasteiger partial charge >= 0.3 is 0 Å². The van der Waals surface area contributed by atoms with E-state index in [0.29, 0.717) is 13.1 Å². The summed E-state index contributed by atoms with van der Waals surface area (Å²) in [5.74, 6) is 2.71. The molecule has 1 aliphatic rings. The minimum absolute atomic E-state index is 0. The Labute approximate surface area is 196 Å². The number of aryl methyl sites for hydroxylation is 3. The predicted molar refractivity (Wildman–Crippen MR) is 129 cm³/mol. The lowest BCUT2D eigenvalue weighted by atomic mass is 10.1. The molecule has 1 aliphatic heterocycles. The van der Waals surface area contributed by atoms with Gasteiger partial charge < -0.3 is 19.8 Å². The van der Waals surface area contributed by atoms with Crippen LogP contribution in [-0.2, 0) is 18.3 Å². The third-order valence-electron chi connectivity index (χ3n) is 5.44. The van der Waals surface area contributed by atoms with E-state index in [1.54, 1.807) is 0 Å². The number of hydrogen-bond acceptors (Lipinski definition) is 5. The van der Waals surface area contributed by atoms with E-state index < -0.39 is 0 Å². The largest absolute Gasteiger partial charge is 0.465 e. The molecule has 0 aromatic carbocycles. The fourth-order valence-electron chi connectivity index (χ4n) is 3.67. The minimum Gasteiger partial charge on any atom is -0.465 e. The van der Waals surface area contributed by atoms with Crippen LogP contribution in [0.25, 0.3) is 0 Å². The van der Waals surface area contributed by atoms with Crippen LogP contribution in [0.4, 0.5) is 0 Å². The van der Waals surface area contributed by atoms with E-state index in [1.165, 1.54) is 5.56 Å². The summed E-state index contributed by atoms with van der Waals surface area (Å²) in [5, 5.41) is 11.3. The number of furan rings is 1. The Morgan fingerprint density at radius 2 is 1.93 bits per heavy atom. The predicted octanol–water partition coefficient (Wildman–Crippen LogP) is 2.68. The molecule has 3 rings (SSSR count). The Balaban J connectivity index is 0.00000320. The Morgan fingerprint density at radius 3 is 2.50 bits per heavy atom. The van der Waals surface area contributed by atoms with E-state index in [9.17, 15) is 0 Å². The average molecular weight is 530 g/mol. The number of aliphatic imine (C=N–C) groups is 1. The molecule has 9 heteroatoms. The van der Waals surface area contributed by atoms with Gasteiger partial charge in [0.05, 0.1) is 31.5 Å². The number of halogens is 1. The van der Waals surface area contributed by atoms with Gasteiger partial charge in [0.1, 0.15) is 11.5 Å². The van der Waals surface area contributed by atoms with Crippen LogP contribution in [0.1, 0.15) is 41.4 Å². The normalized spacial score (nSPS) is 16.2. The van der Waals surface area contributed by atoms with Crippen molar-refractivity contribution in [3.63, 3.8) is 0 Å². The monoisotopic (exact) mass is 530 g/mol. The van der Waals surface area contributed by atoms with Gasteiger partial charge in [0.2, 0.25) is 0 Å². The van der Waals surface area contributed by atoms with Gasteiger partial charge in [-0.2, -0.15) is 5.10 Å². The smallest absolute Gasteiger partial charge is 0.191 e. The second kappa shape index (κ2) is 11.7. The van der Waals surface area contributed by atoms with Crippen LogP contribution in [0.15, 0.2) is 21.5 Å². The summed E-state index contributed by atoms with van der Waals surface area (Å²) in [5.41, 5.74) is 3.36. The number of ether oxygens (including phenoxy) is 1. The van der Waals surface area contributed by atoms with Crippen LogP contribution < -0.4 is 10.6 Å². The first-order valence-electron chi connectivity index (χ1n) is 10.4. The summed E-state index contributed by atoms with van der Waals surface area (Å²) < 4.78 is 13.4. The highest BCUT2D eigenvalue weighted by atomic mass is 127. The van der Waals surface area contributed by atoms with Crippen molar-refractivity contribution < 1.29 is 9.15 Å². The Hall–Kier alpha value is -1.59. The third-order valence-corrected chi connectivity index (χ3v) is 5.44. The number of guanidine groups is 1. The van der Waals surface area contributed by atoms with Crippen LogP contribution in [0.2, 0.25) is 0 Å². The zero-order valence-electron chi connectivity index (χ0n) is 18.7. The lowest BCUT2D eigenvalue weighted by Gasteiger charge is -2.33. The Kier molecular flexibility index (Phi) is 9.63. The van der Waals surface area contributed by atoms with Gasteiger partial charge in [0.15, 0.2) is 5.96 Å². The van der Waals surface area contributed by atoms with Crippen LogP contribution >= 0.6 is 24.0 Å². The van der Waals surface area contributed by atoms with E-state index in [0.717, 1.165) is 61.7 Å². The number of nitrogens with one attached hydrogen (secondary N) is 2. The summed E-state index contributed by atoms with van der Waals surface area (Å²) in [6.07, 6.45) is 0. The average Bonchev–Trinajstić information content (AvgIpc) is 3.24. The van der Waals surface area contributed by atoms with Gasteiger partial charge in [0, 0.05) is 44.5 Å². The van der Waals surface area contributed by atoms with Crippen molar-refractivity contribution in [1.29, 1.82) is 0 Å². The summed E-state index contributed by atoms with van der Waals surface area (Å²) in [6, 6.07) is 4.23. The van der Waals surface area contributed by atoms with E-state index in [-0.39, 0.29) is 30.0 Å². The fourth-order valence-corrected chi connectivity index (χ4v) is 3.67. The molecule has 0 spiro atoms. The van der Waals surface area contributed by atoms with E-state index in [4.69, 9.17) is 14.1 Å². The third kappa shape index (κ3) is 6.21. The highest BCUT2D eigenvalue weighted by Gasteiger charge is 2.25. The van der Waals surface area contributed by atoms with Crippen molar-refractivity contribution in [3.8, 4) is 0 Å². The number of rotatable bonds is 7. The molecule has 2 aromatic heterocycles. The maximum absolute atomic E-state index is 5.96. The molecular weight excluding hydrogens is 495 g/mol. The molecule has 1 saturated heterocycles. The Bertz CT molecular complexity index is 826. The van der Waals surface area contributed by atoms with Crippen molar-refractivity contribution in [2.75, 3.05) is 39.4 Å². The highest BCUT2D eigenvalue weighted by molar-refractivity contribution is 14.0. The zero-order valence-corrected chi connectivity index (χ0v) is 21.0. The molecule has 0 bridgehead atoms. The summed E-state index contributed by atoms with van der Waals surface area (Å²) in [6.45, 7) is 13.6. The summed E-state index contributed by atoms with van der Waals surface area (Å²) in [4.78, 5) is 7.21. The first-order chi connectivity index (χ1) is 14.0. The molecule has 2 N–H and O–H groups in total. The highest BCUT2D eigenvalue weighted by Crippen LogP contribution is 2.23. The molecule has 1 unspecified atom stereocenters. The van der Waals surface area contributed by atoms with Gasteiger partial charge in [-0.05, 0) is 39.8 Å². The summed E-state index contributed by atoms with van der Waals surface area (Å²) in [7, 11) is 1.97. The van der Waals surface area contributed by atoms with Crippen LogP contribution in [-0.4, -0.2) is 60.0 Å². The van der Waals surface area contributed by atoms with E-state index >= 15 is 0 Å². The lowest BCUT2D eigenvalue weighted by Crippen LogP contribution is -2.46. The molecule has 30 heavy (non-hydrogen) atoms. The maximum Gasteiger partial charge on any atom is 0.191 e. The number of nitrogens with zero attached hydrogens (tertiary/aromatic N) is 4. The van der Waals surface area contributed by atoms with Crippen molar-refractivity contribution in [2.24, 2.45) is 12.0 Å². The maximum atomic E-state index is 5.96. The Morgan fingerprint density at radius 1 is 1.20 bits per heavy atom. The van der Waals surface area contributed by atoms with E-state index in [1.807, 2.05) is 31.6 Å². The number of morpholine rings is 1. The van der Waals surface area contributed by atoms with Crippen LogP contribution in [0.5, 0.6) is 0 Å². The van der Waals surface area contributed by atoms with Gasteiger partial charge in [-0.3, -0.25) is 9.58 Å². The van der Waals surface area contributed by atoms with Gasteiger partial charge in [-0.15, -0.1) is 24.0 Å². The van der Waals surface area contributed by atoms with Gasteiger partial charge in [0.25, 0.3) is 0 Å². The molecule has 3 heterocycles. The molecule has 0 radical (unpaired) electrons. The molecule has 2 aromatic rings. The molecule has 0 amide bonds. The first-order valence-corrected chi connectivity index (χ1v) is 10.4. The number of hydrogen-bond donors (Lipinski definition) is 2. The molecule has 1 fully saturated rings.